The van der Waals surface area contributed by atoms with Gasteiger partial charge in [0.25, 0.3) is 0 Å². The van der Waals surface area contributed by atoms with Gasteiger partial charge in [-0.1, -0.05) is 136 Å². The summed E-state index contributed by atoms with van der Waals surface area (Å²) < 4.78 is 80.9. The lowest BCUT2D eigenvalue weighted by molar-refractivity contribution is -0.235. The highest BCUT2D eigenvalue weighted by Crippen LogP contribution is 2.44. The molecule has 10 atom stereocenters. The van der Waals surface area contributed by atoms with Crippen molar-refractivity contribution < 1.29 is 61.3 Å². The Morgan fingerprint density at radius 1 is 0.689 bits per heavy atom. The third-order valence-electron chi connectivity index (χ3n) is 14.0. The normalized spacial score (nSPS) is 25.2. The lowest BCUT2D eigenvalue weighted by atomic mass is 10.0. The summed E-state index contributed by atoms with van der Waals surface area (Å²) >= 11 is 0. The zero-order valence-corrected chi connectivity index (χ0v) is 44.5. The number of carbonyl (C=O) groups excluding carboxylic acids is 1. The number of para-hydroxylation sites is 1. The highest BCUT2D eigenvalue weighted by Gasteiger charge is 2.60. The molecule has 15 heteroatoms. The Labute approximate surface area is 435 Å². The zero-order valence-electron chi connectivity index (χ0n) is 43.5. The van der Waals surface area contributed by atoms with Crippen LogP contribution in [0, 0.1) is 0 Å². The largest absolute Gasteiger partial charge is 0.497 e. The number of hydrogen-bond donors (Lipinski definition) is 0. The number of rotatable bonds is 21. The van der Waals surface area contributed by atoms with Crippen molar-refractivity contribution in [1.82, 2.24) is 4.98 Å². The highest BCUT2D eigenvalue weighted by molar-refractivity contribution is 6.74. The standard InChI is InChI=1S/C59H69NO13Si/c1-58(2,3)74(7,8)73-54-52(50(48-38-66-59(4,5)72-48)70-57(54)67-44-31-29-43(62-6)30-32-44)71-56-53(65-36-41-24-16-11-17-25-41)51(64-35-40-22-14-10-15-23-40)49(69-56)47(37-63-34-39-20-12-9-13-21-39)68-55(61)46-33-28-42-26-18-19-27-45(42)60-46/h9-33,47-54,56-57H,34-38H2,1-8H3/t47-,48-,49-,50-,51-,52-,53+,54+,56?,57+/m0/s1. The Balaban J connectivity index is 1.12. The van der Waals surface area contributed by atoms with Crippen LogP contribution in [-0.2, 0) is 66.9 Å². The first kappa shape index (κ1) is 53.3. The molecule has 9 rings (SSSR count). The van der Waals surface area contributed by atoms with Gasteiger partial charge in [0, 0.05) is 5.39 Å². The van der Waals surface area contributed by atoms with E-state index in [9.17, 15) is 4.79 Å². The van der Waals surface area contributed by atoms with Crippen molar-refractivity contribution in [3.8, 4) is 11.5 Å². The van der Waals surface area contributed by atoms with Crippen molar-refractivity contribution in [3.05, 3.63) is 174 Å². The molecule has 14 nitrogen and oxygen atoms in total. The van der Waals surface area contributed by atoms with Crippen molar-refractivity contribution >= 4 is 25.2 Å². The van der Waals surface area contributed by atoms with Gasteiger partial charge in [0.05, 0.1) is 45.7 Å². The summed E-state index contributed by atoms with van der Waals surface area (Å²) in [5.41, 5.74) is 3.55. The minimum absolute atomic E-state index is 0.0748. The van der Waals surface area contributed by atoms with Crippen molar-refractivity contribution in [1.29, 1.82) is 0 Å². The lowest BCUT2D eigenvalue weighted by Crippen LogP contribution is -2.53. The topological polar surface area (TPSA) is 141 Å². The average molecular weight is 1030 g/mol. The molecule has 5 aromatic carbocycles. The molecule has 0 saturated carbocycles. The van der Waals surface area contributed by atoms with Crippen LogP contribution < -0.4 is 9.47 Å². The van der Waals surface area contributed by atoms with Crippen LogP contribution in [-0.4, -0.2) is 107 Å². The highest BCUT2D eigenvalue weighted by atomic mass is 28.4. The molecule has 3 aliphatic heterocycles. The molecule has 392 valence electrons. The number of methoxy groups -OCH3 is 1. The molecule has 0 bridgehead atoms. The molecule has 3 saturated heterocycles. The molecular formula is C59H69NO13Si. The summed E-state index contributed by atoms with van der Waals surface area (Å²) in [5, 5.41) is 0.664. The molecule has 0 spiro atoms. The van der Waals surface area contributed by atoms with Crippen molar-refractivity contribution in [3.63, 3.8) is 0 Å². The summed E-state index contributed by atoms with van der Waals surface area (Å²) in [4.78, 5) is 19.2. The second-order valence-electron chi connectivity index (χ2n) is 20.9. The van der Waals surface area contributed by atoms with E-state index in [0.717, 1.165) is 22.1 Å². The number of fused-ring (bicyclic) bond motifs is 1. The Hall–Kier alpha value is -5.56. The summed E-state index contributed by atoms with van der Waals surface area (Å²) in [6, 6.07) is 47.9. The van der Waals surface area contributed by atoms with Gasteiger partial charge in [-0.05, 0) is 85.1 Å². The van der Waals surface area contributed by atoms with E-state index < -0.39 is 81.5 Å². The van der Waals surface area contributed by atoms with Gasteiger partial charge in [-0.3, -0.25) is 0 Å². The van der Waals surface area contributed by atoms with E-state index in [1.165, 1.54) is 0 Å². The predicted molar refractivity (Wildman–Crippen MR) is 280 cm³/mol. The van der Waals surface area contributed by atoms with Gasteiger partial charge in [0.1, 0.15) is 59.9 Å². The predicted octanol–water partition coefficient (Wildman–Crippen LogP) is 10.6. The zero-order chi connectivity index (χ0) is 51.9. The molecule has 0 radical (unpaired) electrons. The molecular weight excluding hydrogens is 959 g/mol. The van der Waals surface area contributed by atoms with Crippen LogP contribution in [0.15, 0.2) is 152 Å². The molecule has 3 aliphatic rings. The lowest BCUT2D eigenvalue weighted by Gasteiger charge is -2.41. The van der Waals surface area contributed by atoms with E-state index in [1.807, 2.05) is 159 Å². The van der Waals surface area contributed by atoms with Crippen molar-refractivity contribution in [2.75, 3.05) is 20.3 Å². The fraction of sp³-hybridized carbons (Fsp3) is 0.424. The number of pyridine rings is 1. The second kappa shape index (κ2) is 23.5. The van der Waals surface area contributed by atoms with E-state index in [-0.39, 0.29) is 43.8 Å². The Kier molecular flexibility index (Phi) is 16.9. The third-order valence-corrected chi connectivity index (χ3v) is 18.5. The molecule has 1 aromatic heterocycles. The van der Waals surface area contributed by atoms with E-state index in [1.54, 1.807) is 13.2 Å². The second-order valence-corrected chi connectivity index (χ2v) is 25.7. The minimum atomic E-state index is -2.63. The first-order valence-electron chi connectivity index (χ1n) is 25.4. The van der Waals surface area contributed by atoms with Crippen LogP contribution in [0.3, 0.4) is 0 Å². The van der Waals surface area contributed by atoms with Gasteiger partial charge < -0.3 is 56.5 Å². The van der Waals surface area contributed by atoms with Gasteiger partial charge in [-0.15, -0.1) is 0 Å². The Morgan fingerprint density at radius 2 is 1.28 bits per heavy atom. The monoisotopic (exact) mass is 1030 g/mol. The van der Waals surface area contributed by atoms with Crippen LogP contribution in [0.2, 0.25) is 18.1 Å². The minimum Gasteiger partial charge on any atom is -0.497 e. The summed E-state index contributed by atoms with van der Waals surface area (Å²) in [6.07, 6.45) is -9.16. The Bertz CT molecular complexity index is 2720. The smallest absolute Gasteiger partial charge is 0.357 e. The van der Waals surface area contributed by atoms with Gasteiger partial charge in [-0.25, -0.2) is 9.78 Å². The maximum absolute atomic E-state index is 14.5. The first-order valence-corrected chi connectivity index (χ1v) is 28.3. The van der Waals surface area contributed by atoms with Crippen LogP contribution >= 0.6 is 0 Å². The molecule has 1 unspecified atom stereocenters. The van der Waals surface area contributed by atoms with Crippen LogP contribution in [0.25, 0.3) is 10.9 Å². The summed E-state index contributed by atoms with van der Waals surface area (Å²) in [7, 11) is -1.01. The van der Waals surface area contributed by atoms with Gasteiger partial charge >= 0.3 is 5.97 Å². The van der Waals surface area contributed by atoms with E-state index >= 15 is 0 Å². The number of carbonyl (C=O) groups is 1. The van der Waals surface area contributed by atoms with E-state index in [2.05, 4.69) is 33.9 Å². The molecule has 0 amide bonds. The maximum atomic E-state index is 14.5. The van der Waals surface area contributed by atoms with Crippen molar-refractivity contribution in [2.24, 2.45) is 0 Å². The van der Waals surface area contributed by atoms with Crippen LogP contribution in [0.5, 0.6) is 11.5 Å². The number of nitrogens with zero attached hydrogens (tertiary/aromatic N) is 1. The van der Waals surface area contributed by atoms with Crippen LogP contribution in [0.4, 0.5) is 0 Å². The number of benzene rings is 5. The van der Waals surface area contributed by atoms with Gasteiger partial charge in [0.2, 0.25) is 6.29 Å². The molecule has 74 heavy (non-hydrogen) atoms. The molecule has 0 aliphatic carbocycles. The molecule has 0 N–H and O–H groups in total. The fourth-order valence-electron chi connectivity index (χ4n) is 9.06. The number of aromatic nitrogens is 1. The average Bonchev–Trinajstić information content (AvgIpc) is 4.06. The van der Waals surface area contributed by atoms with Gasteiger partial charge in [0.15, 0.2) is 26.5 Å². The summed E-state index contributed by atoms with van der Waals surface area (Å²) in [5.74, 6) is -0.350. The van der Waals surface area contributed by atoms with E-state index in [4.69, 9.17) is 61.5 Å². The molecule has 4 heterocycles. The van der Waals surface area contributed by atoms with Crippen molar-refractivity contribution in [2.45, 2.75) is 140 Å². The Morgan fingerprint density at radius 3 is 1.89 bits per heavy atom. The number of esters is 1. The first-order chi connectivity index (χ1) is 35.6. The summed E-state index contributed by atoms with van der Waals surface area (Å²) in [6.45, 7) is 15.4. The SMILES string of the molecule is COc1ccc(O[C@@H]2O[C@@H]([C@@H]3COC(C)(C)O3)[C@H](OC3O[C@@H]([C@H](COCc4ccccc4)OC(=O)c4ccc5ccccc5n4)[C@H](OCc4ccccc4)[C@H]3OCc3ccccc3)[C@H]2O[Si](C)(C)C(C)(C)C)cc1. The molecule has 3 fully saturated rings. The molecule has 6 aromatic rings. The number of ether oxygens (including phenoxy) is 11. The van der Waals surface area contributed by atoms with E-state index in [0.29, 0.717) is 17.0 Å². The maximum Gasteiger partial charge on any atom is 0.357 e. The van der Waals surface area contributed by atoms with Crippen LogP contribution in [0.1, 0.15) is 61.8 Å². The number of hydrogen-bond acceptors (Lipinski definition) is 14. The third kappa shape index (κ3) is 13.1. The van der Waals surface area contributed by atoms with Gasteiger partial charge in [-0.2, -0.15) is 0 Å². The fourth-order valence-corrected chi connectivity index (χ4v) is 10.3. The quantitative estimate of drug-likeness (QED) is 0.0499.